The Hall–Kier alpha value is -3.02. The lowest BCUT2D eigenvalue weighted by Crippen LogP contribution is -2.27. The van der Waals surface area contributed by atoms with Crippen LogP contribution in [0.1, 0.15) is 0 Å². The zero-order chi connectivity index (χ0) is 15.5. The summed E-state index contributed by atoms with van der Waals surface area (Å²) in [6.45, 7) is -0.197. The molecule has 22 heavy (non-hydrogen) atoms. The first-order valence-corrected chi connectivity index (χ1v) is 6.67. The van der Waals surface area contributed by atoms with Gasteiger partial charge in [0.2, 0.25) is 0 Å². The second-order valence-corrected chi connectivity index (χ2v) is 4.66. The number of hydrogen-bond donors (Lipinski definition) is 0. The molecule has 0 saturated carbocycles. The maximum absolute atomic E-state index is 12.7. The van der Waals surface area contributed by atoms with E-state index in [0.717, 1.165) is 0 Å². The molecule has 0 radical (unpaired) electrons. The summed E-state index contributed by atoms with van der Waals surface area (Å²) in [6, 6.07) is 10.6. The van der Waals surface area contributed by atoms with Gasteiger partial charge in [-0.25, -0.2) is 4.98 Å². The van der Waals surface area contributed by atoms with Gasteiger partial charge in [-0.2, -0.15) is 0 Å². The van der Waals surface area contributed by atoms with E-state index in [2.05, 4.69) is 14.7 Å². The highest BCUT2D eigenvalue weighted by molar-refractivity contribution is 5.80. The minimum Gasteiger partial charge on any atom is -0.468 e. The quantitative estimate of drug-likeness (QED) is 0.687. The Balaban J connectivity index is 2.31. The van der Waals surface area contributed by atoms with Gasteiger partial charge in [0.1, 0.15) is 12.4 Å². The van der Waals surface area contributed by atoms with E-state index in [4.69, 9.17) is 0 Å². The summed E-state index contributed by atoms with van der Waals surface area (Å²) in [5, 5.41) is 0.457. The molecular weight excluding hydrogens is 282 g/mol. The number of pyridine rings is 1. The monoisotopic (exact) mass is 295 g/mol. The van der Waals surface area contributed by atoms with Crippen LogP contribution in [0.15, 0.2) is 53.6 Å². The fourth-order valence-corrected chi connectivity index (χ4v) is 2.22. The second-order valence-electron chi connectivity index (χ2n) is 4.66. The van der Waals surface area contributed by atoms with Crippen LogP contribution in [0.4, 0.5) is 0 Å². The number of benzene rings is 1. The van der Waals surface area contributed by atoms with Crippen LogP contribution in [0.2, 0.25) is 0 Å². The van der Waals surface area contributed by atoms with Crippen molar-refractivity contribution in [1.82, 2.24) is 14.5 Å². The van der Waals surface area contributed by atoms with Crippen LogP contribution in [0, 0.1) is 0 Å². The normalized spacial score (nSPS) is 10.6. The molecule has 110 valence electrons. The molecule has 0 amide bonds. The minimum atomic E-state index is -0.510. The number of rotatable bonds is 3. The predicted octanol–water partition coefficient (Wildman–Crippen LogP) is 1.63. The first kappa shape index (κ1) is 13.9. The lowest BCUT2D eigenvalue weighted by molar-refractivity contribution is -0.141. The molecule has 0 N–H and O–H groups in total. The number of ether oxygens (including phenoxy) is 1. The maximum atomic E-state index is 12.7. The Morgan fingerprint density at radius 1 is 1.23 bits per heavy atom. The van der Waals surface area contributed by atoms with Gasteiger partial charge in [0.25, 0.3) is 5.56 Å². The Bertz CT molecular complexity index is 888. The number of carbonyl (C=O) groups is 1. The van der Waals surface area contributed by atoms with E-state index in [-0.39, 0.29) is 12.1 Å². The number of para-hydroxylation sites is 1. The van der Waals surface area contributed by atoms with E-state index < -0.39 is 5.97 Å². The Morgan fingerprint density at radius 2 is 2.05 bits per heavy atom. The molecule has 0 spiro atoms. The van der Waals surface area contributed by atoms with Crippen LogP contribution in [0.3, 0.4) is 0 Å². The van der Waals surface area contributed by atoms with Crippen LogP contribution < -0.4 is 5.56 Å². The number of methoxy groups -OCH3 is 1. The Kier molecular flexibility index (Phi) is 3.65. The summed E-state index contributed by atoms with van der Waals surface area (Å²) < 4.78 is 5.98. The summed E-state index contributed by atoms with van der Waals surface area (Å²) in [6.07, 6.45) is 3.23. The highest BCUT2D eigenvalue weighted by Crippen LogP contribution is 2.17. The lowest BCUT2D eigenvalue weighted by Gasteiger charge is -2.12. The maximum Gasteiger partial charge on any atom is 0.325 e. The van der Waals surface area contributed by atoms with Crippen molar-refractivity contribution in [3.05, 3.63) is 59.1 Å². The SMILES string of the molecule is COC(=O)Cn1c(-c2cccnc2)nc2ccccc2c1=O. The summed E-state index contributed by atoms with van der Waals surface area (Å²) in [5.41, 5.74) is 0.955. The molecule has 0 atom stereocenters. The standard InChI is InChI=1S/C16H13N3O3/c1-22-14(20)10-19-15(11-5-4-8-17-9-11)18-13-7-3-2-6-12(13)16(19)21/h2-9H,10H2,1H3. The number of nitrogens with zero attached hydrogens (tertiary/aromatic N) is 3. The van der Waals surface area contributed by atoms with Crippen LogP contribution in [-0.4, -0.2) is 27.6 Å². The van der Waals surface area contributed by atoms with Crippen molar-refractivity contribution in [3.8, 4) is 11.4 Å². The zero-order valence-corrected chi connectivity index (χ0v) is 11.9. The smallest absolute Gasteiger partial charge is 0.325 e. The average Bonchev–Trinajstić information content (AvgIpc) is 2.58. The van der Waals surface area contributed by atoms with Crippen molar-refractivity contribution in [2.24, 2.45) is 0 Å². The average molecular weight is 295 g/mol. The highest BCUT2D eigenvalue weighted by Gasteiger charge is 2.15. The van der Waals surface area contributed by atoms with Crippen molar-refractivity contribution in [2.45, 2.75) is 6.54 Å². The third kappa shape index (κ3) is 2.46. The summed E-state index contributed by atoms with van der Waals surface area (Å²) in [5.74, 6) is -0.119. The molecule has 0 aliphatic rings. The van der Waals surface area contributed by atoms with E-state index in [1.807, 2.05) is 6.07 Å². The molecule has 6 nitrogen and oxygen atoms in total. The molecule has 2 heterocycles. The van der Waals surface area contributed by atoms with Gasteiger partial charge in [0.15, 0.2) is 0 Å². The molecule has 1 aromatic carbocycles. The van der Waals surface area contributed by atoms with Gasteiger partial charge in [-0.05, 0) is 24.3 Å². The molecule has 0 bridgehead atoms. The van der Waals surface area contributed by atoms with Gasteiger partial charge in [0.05, 0.1) is 18.0 Å². The molecule has 3 aromatic rings. The third-order valence-electron chi connectivity index (χ3n) is 3.30. The molecule has 0 aliphatic heterocycles. The zero-order valence-electron chi connectivity index (χ0n) is 11.9. The number of fused-ring (bicyclic) bond motifs is 1. The Labute approximate surface area is 126 Å². The largest absolute Gasteiger partial charge is 0.468 e. The topological polar surface area (TPSA) is 74.1 Å². The van der Waals surface area contributed by atoms with E-state index in [1.165, 1.54) is 11.7 Å². The van der Waals surface area contributed by atoms with Crippen LogP contribution in [0.5, 0.6) is 0 Å². The summed E-state index contributed by atoms with van der Waals surface area (Å²) in [4.78, 5) is 32.8. The van der Waals surface area contributed by atoms with Crippen molar-refractivity contribution in [1.29, 1.82) is 0 Å². The van der Waals surface area contributed by atoms with Crippen molar-refractivity contribution in [3.63, 3.8) is 0 Å². The summed E-state index contributed by atoms with van der Waals surface area (Å²) >= 11 is 0. The van der Waals surface area contributed by atoms with Gasteiger partial charge in [-0.15, -0.1) is 0 Å². The van der Waals surface area contributed by atoms with E-state index in [1.54, 1.807) is 42.7 Å². The van der Waals surface area contributed by atoms with Gasteiger partial charge in [-0.1, -0.05) is 12.1 Å². The van der Waals surface area contributed by atoms with Gasteiger partial charge in [0, 0.05) is 18.0 Å². The number of carbonyl (C=O) groups excluding carboxylic acids is 1. The minimum absolute atomic E-state index is 0.197. The number of aromatic nitrogens is 3. The second kappa shape index (κ2) is 5.77. The highest BCUT2D eigenvalue weighted by atomic mass is 16.5. The van der Waals surface area contributed by atoms with Crippen LogP contribution in [-0.2, 0) is 16.1 Å². The van der Waals surface area contributed by atoms with Gasteiger partial charge >= 0.3 is 5.97 Å². The van der Waals surface area contributed by atoms with E-state index in [9.17, 15) is 9.59 Å². The Morgan fingerprint density at radius 3 is 2.77 bits per heavy atom. The predicted molar refractivity (Wildman–Crippen MR) is 81.3 cm³/mol. The van der Waals surface area contributed by atoms with E-state index in [0.29, 0.717) is 22.3 Å². The fourth-order valence-electron chi connectivity index (χ4n) is 2.22. The molecule has 0 aliphatic carbocycles. The molecule has 3 rings (SSSR count). The molecule has 6 heteroatoms. The van der Waals surface area contributed by atoms with Gasteiger partial charge in [-0.3, -0.25) is 19.1 Å². The first-order valence-electron chi connectivity index (χ1n) is 6.67. The summed E-state index contributed by atoms with van der Waals surface area (Å²) in [7, 11) is 1.28. The van der Waals surface area contributed by atoms with Crippen LogP contribution in [0.25, 0.3) is 22.3 Å². The molecule has 0 fully saturated rings. The van der Waals surface area contributed by atoms with Crippen molar-refractivity contribution < 1.29 is 9.53 Å². The first-order chi connectivity index (χ1) is 10.7. The van der Waals surface area contributed by atoms with E-state index >= 15 is 0 Å². The molecule has 2 aromatic heterocycles. The molecule has 0 unspecified atom stereocenters. The van der Waals surface area contributed by atoms with Crippen LogP contribution >= 0.6 is 0 Å². The molecular formula is C16H13N3O3. The number of hydrogen-bond acceptors (Lipinski definition) is 5. The third-order valence-corrected chi connectivity index (χ3v) is 3.30. The van der Waals surface area contributed by atoms with Crippen molar-refractivity contribution >= 4 is 16.9 Å². The fraction of sp³-hybridized carbons (Fsp3) is 0.125. The number of esters is 1. The molecule has 0 saturated heterocycles. The van der Waals surface area contributed by atoms with Gasteiger partial charge < -0.3 is 4.74 Å². The lowest BCUT2D eigenvalue weighted by atomic mass is 10.2. The van der Waals surface area contributed by atoms with Crippen molar-refractivity contribution in [2.75, 3.05) is 7.11 Å².